The number of anilines is 1. The summed E-state index contributed by atoms with van der Waals surface area (Å²) >= 11 is 0. The maximum atomic E-state index is 13.2. The molecule has 0 saturated heterocycles. The van der Waals surface area contributed by atoms with E-state index in [0.717, 1.165) is 23.5 Å². The summed E-state index contributed by atoms with van der Waals surface area (Å²) in [6, 6.07) is 13.7. The number of nitrogens with one attached hydrogen (secondary N) is 2. The molecule has 0 aliphatic carbocycles. The summed E-state index contributed by atoms with van der Waals surface area (Å²) in [7, 11) is -3.78. The number of aliphatic imine (C=N–C) groups is 1. The fourth-order valence-electron chi connectivity index (χ4n) is 4.34. The van der Waals surface area contributed by atoms with Crippen LogP contribution in [0.1, 0.15) is 34.6 Å². The Morgan fingerprint density at radius 3 is 2.60 bits per heavy atom. The Bertz CT molecular complexity index is 1440. The Hall–Kier alpha value is -3.79. The zero-order valence-corrected chi connectivity index (χ0v) is 20.3. The Labute approximate surface area is 203 Å². The molecule has 0 saturated carbocycles. The van der Waals surface area contributed by atoms with Crippen molar-refractivity contribution in [3.63, 3.8) is 0 Å². The van der Waals surface area contributed by atoms with Crippen molar-refractivity contribution in [1.82, 2.24) is 9.29 Å². The molecule has 0 bridgehead atoms. The first kappa shape index (κ1) is 23.0. The summed E-state index contributed by atoms with van der Waals surface area (Å²) in [4.78, 5) is 17.4. The summed E-state index contributed by atoms with van der Waals surface area (Å²) < 4.78 is 41.3. The van der Waals surface area contributed by atoms with E-state index in [4.69, 9.17) is 9.47 Å². The van der Waals surface area contributed by atoms with Gasteiger partial charge in [0.2, 0.25) is 0 Å². The molecule has 35 heavy (non-hydrogen) atoms. The van der Waals surface area contributed by atoms with Gasteiger partial charge in [0.15, 0.2) is 11.5 Å². The molecule has 2 aliphatic rings. The average molecular weight is 495 g/mol. The first-order valence-corrected chi connectivity index (χ1v) is 12.9. The van der Waals surface area contributed by atoms with Crippen LogP contribution in [0.5, 0.6) is 11.5 Å². The lowest BCUT2D eigenvalue weighted by atomic mass is 10.2. The molecular formula is C25H26N4O5S. The van der Waals surface area contributed by atoms with E-state index in [9.17, 15) is 13.2 Å². The predicted molar refractivity (Wildman–Crippen MR) is 132 cm³/mol. The maximum absolute atomic E-state index is 13.2. The van der Waals surface area contributed by atoms with Crippen LogP contribution in [0, 0.1) is 13.8 Å². The number of benzene rings is 2. The van der Waals surface area contributed by atoms with Gasteiger partial charge in [0.25, 0.3) is 15.9 Å². The van der Waals surface area contributed by atoms with Crippen LogP contribution >= 0.6 is 0 Å². The summed E-state index contributed by atoms with van der Waals surface area (Å²) in [5.74, 6) is 1.50. The molecule has 5 rings (SSSR count). The van der Waals surface area contributed by atoms with Gasteiger partial charge in [-0.3, -0.25) is 14.5 Å². The summed E-state index contributed by atoms with van der Waals surface area (Å²) in [6.07, 6.45) is 1.44. The van der Waals surface area contributed by atoms with Crippen LogP contribution in [0.15, 0.2) is 58.4 Å². The lowest BCUT2D eigenvalue weighted by Gasteiger charge is -2.20. The molecule has 2 N–H and O–H groups in total. The second-order valence-corrected chi connectivity index (χ2v) is 10.2. The van der Waals surface area contributed by atoms with E-state index in [0.29, 0.717) is 54.8 Å². The van der Waals surface area contributed by atoms with Crippen molar-refractivity contribution >= 4 is 27.5 Å². The smallest absolute Gasteiger partial charge is 0.262 e. The second kappa shape index (κ2) is 9.10. The maximum Gasteiger partial charge on any atom is 0.262 e. The molecule has 0 fully saturated rings. The van der Waals surface area contributed by atoms with E-state index in [1.807, 2.05) is 42.7 Å². The van der Waals surface area contributed by atoms with Gasteiger partial charge in [0.1, 0.15) is 19.0 Å². The van der Waals surface area contributed by atoms with E-state index in [2.05, 4.69) is 15.0 Å². The van der Waals surface area contributed by atoms with Gasteiger partial charge in [0, 0.05) is 41.8 Å². The van der Waals surface area contributed by atoms with Gasteiger partial charge in [-0.15, -0.1) is 0 Å². The summed E-state index contributed by atoms with van der Waals surface area (Å²) in [6.45, 7) is 5.42. The fraction of sp³-hybridized carbons (Fsp3) is 0.280. The van der Waals surface area contributed by atoms with E-state index < -0.39 is 10.0 Å². The SMILES string of the molecule is Cc1cc(C(=O)Nc2cccc(S(=O)(=O)NC3=NCCC3)c2)c(C)n1-c1ccc2c(c1)OCCO2. The first-order valence-electron chi connectivity index (χ1n) is 11.4. The highest BCUT2D eigenvalue weighted by Crippen LogP contribution is 2.33. The summed E-state index contributed by atoms with van der Waals surface area (Å²) in [5, 5.41) is 2.83. The Balaban J connectivity index is 1.38. The van der Waals surface area contributed by atoms with Crippen molar-refractivity contribution in [2.75, 3.05) is 25.1 Å². The molecule has 0 atom stereocenters. The number of sulfonamides is 1. The molecule has 10 heteroatoms. The molecule has 182 valence electrons. The molecular weight excluding hydrogens is 468 g/mol. The molecule has 1 aromatic heterocycles. The molecule has 1 amide bonds. The van der Waals surface area contributed by atoms with Crippen LogP contribution in [0.2, 0.25) is 0 Å². The number of aromatic nitrogens is 1. The van der Waals surface area contributed by atoms with Gasteiger partial charge in [-0.1, -0.05) is 6.07 Å². The normalized spacial score (nSPS) is 15.0. The standard InChI is InChI=1S/C25H26N4O5S/c1-16-13-21(17(2)29(16)19-8-9-22-23(15-19)34-12-11-33-22)25(30)27-18-5-3-6-20(14-18)35(31,32)28-24-7-4-10-26-24/h3,5-6,8-9,13-15H,4,7,10-12H2,1-2H3,(H,26,28)(H,27,30). The van der Waals surface area contributed by atoms with Crippen LogP contribution < -0.4 is 19.5 Å². The molecule has 0 unspecified atom stereocenters. The average Bonchev–Trinajstić information content (AvgIpc) is 3.45. The second-order valence-electron chi connectivity index (χ2n) is 8.47. The minimum absolute atomic E-state index is 0.0617. The molecule has 0 radical (unpaired) electrons. The number of carbonyl (C=O) groups excluding carboxylic acids is 1. The first-order chi connectivity index (χ1) is 16.8. The third-order valence-electron chi connectivity index (χ3n) is 5.99. The zero-order valence-electron chi connectivity index (χ0n) is 19.5. The topological polar surface area (TPSA) is 111 Å². The van der Waals surface area contributed by atoms with Crippen LogP contribution in [-0.4, -0.2) is 44.5 Å². The fourth-order valence-corrected chi connectivity index (χ4v) is 5.47. The number of amides is 1. The van der Waals surface area contributed by atoms with Crippen molar-refractivity contribution in [2.45, 2.75) is 31.6 Å². The quantitative estimate of drug-likeness (QED) is 0.563. The van der Waals surface area contributed by atoms with E-state index in [1.165, 1.54) is 12.1 Å². The molecule has 9 nitrogen and oxygen atoms in total. The van der Waals surface area contributed by atoms with Crippen LogP contribution in [-0.2, 0) is 10.0 Å². The Morgan fingerprint density at radius 2 is 1.83 bits per heavy atom. The highest BCUT2D eigenvalue weighted by molar-refractivity contribution is 7.90. The lowest BCUT2D eigenvalue weighted by Crippen LogP contribution is -2.29. The number of rotatable bonds is 5. The third kappa shape index (κ3) is 4.61. The number of hydrogen-bond donors (Lipinski definition) is 2. The number of nitrogens with zero attached hydrogens (tertiary/aromatic N) is 2. The van der Waals surface area contributed by atoms with E-state index in [1.54, 1.807) is 12.1 Å². The molecule has 3 heterocycles. The van der Waals surface area contributed by atoms with Crippen LogP contribution in [0.25, 0.3) is 5.69 Å². The van der Waals surface area contributed by atoms with Crippen molar-refractivity contribution in [2.24, 2.45) is 4.99 Å². The minimum Gasteiger partial charge on any atom is -0.486 e. The minimum atomic E-state index is -3.78. The van der Waals surface area contributed by atoms with E-state index in [-0.39, 0.29) is 10.8 Å². The van der Waals surface area contributed by atoms with Crippen LogP contribution in [0.4, 0.5) is 5.69 Å². The van der Waals surface area contributed by atoms with Gasteiger partial charge >= 0.3 is 0 Å². The van der Waals surface area contributed by atoms with Crippen molar-refractivity contribution in [3.05, 3.63) is 65.5 Å². The Morgan fingerprint density at radius 1 is 1.03 bits per heavy atom. The Kier molecular flexibility index (Phi) is 5.98. The van der Waals surface area contributed by atoms with Gasteiger partial charge in [-0.25, -0.2) is 8.42 Å². The van der Waals surface area contributed by atoms with E-state index >= 15 is 0 Å². The highest BCUT2D eigenvalue weighted by Gasteiger charge is 2.21. The third-order valence-corrected chi connectivity index (χ3v) is 7.37. The van der Waals surface area contributed by atoms with Crippen LogP contribution in [0.3, 0.4) is 0 Å². The van der Waals surface area contributed by atoms with Crippen molar-refractivity contribution < 1.29 is 22.7 Å². The number of amidine groups is 1. The monoisotopic (exact) mass is 494 g/mol. The number of aryl methyl sites for hydroxylation is 1. The molecule has 3 aromatic rings. The van der Waals surface area contributed by atoms with Gasteiger partial charge in [-0.2, -0.15) is 0 Å². The number of fused-ring (bicyclic) bond motifs is 1. The lowest BCUT2D eigenvalue weighted by molar-refractivity contribution is 0.102. The molecule has 2 aromatic carbocycles. The molecule has 0 spiro atoms. The van der Waals surface area contributed by atoms with Crippen molar-refractivity contribution in [1.29, 1.82) is 0 Å². The summed E-state index contributed by atoms with van der Waals surface area (Å²) in [5.41, 5.74) is 3.36. The molecule has 2 aliphatic heterocycles. The number of hydrogen-bond acceptors (Lipinski definition) is 6. The van der Waals surface area contributed by atoms with Crippen molar-refractivity contribution in [3.8, 4) is 17.2 Å². The number of ether oxygens (including phenoxy) is 2. The van der Waals surface area contributed by atoms with Gasteiger partial charge in [0.05, 0.1) is 10.5 Å². The zero-order chi connectivity index (χ0) is 24.6. The largest absolute Gasteiger partial charge is 0.486 e. The van der Waals surface area contributed by atoms with Gasteiger partial charge in [-0.05, 0) is 56.7 Å². The highest BCUT2D eigenvalue weighted by atomic mass is 32.2. The number of carbonyl (C=O) groups is 1. The van der Waals surface area contributed by atoms with Gasteiger partial charge < -0.3 is 19.4 Å². The predicted octanol–water partition coefficient (Wildman–Crippen LogP) is 3.59.